The molecular weight excluding hydrogens is 548 g/mol. The van der Waals surface area contributed by atoms with Gasteiger partial charge in [0.25, 0.3) is 0 Å². The van der Waals surface area contributed by atoms with Crippen LogP contribution in [0.1, 0.15) is 12.6 Å². The zero-order chi connectivity index (χ0) is 30.3. The number of allylic oxidation sites excluding steroid dienone is 5. The number of nitrogens with zero attached hydrogens (tertiary/aromatic N) is 4. The molecule has 0 bridgehead atoms. The predicted octanol–water partition coefficient (Wildman–Crippen LogP) is 10.5. The molecular formula is C41H30N4. The molecule has 0 aliphatic rings. The predicted molar refractivity (Wildman–Crippen MR) is 189 cm³/mol. The van der Waals surface area contributed by atoms with E-state index in [1.54, 1.807) is 6.08 Å². The highest BCUT2D eigenvalue weighted by molar-refractivity contribution is 6.23. The fraction of sp³-hybridized carbons (Fsp3) is 0.0244. The number of hydrogen-bond acceptors (Lipinski definition) is 2. The molecule has 4 heteroatoms. The van der Waals surface area contributed by atoms with Gasteiger partial charge in [0.1, 0.15) is 0 Å². The van der Waals surface area contributed by atoms with Crippen molar-refractivity contribution in [1.82, 2.24) is 19.1 Å². The van der Waals surface area contributed by atoms with Crippen molar-refractivity contribution in [2.24, 2.45) is 0 Å². The maximum atomic E-state index is 5.28. The van der Waals surface area contributed by atoms with Crippen LogP contribution < -0.4 is 0 Å². The first kappa shape index (κ1) is 26.6. The first-order chi connectivity index (χ1) is 22.3. The summed E-state index contributed by atoms with van der Waals surface area (Å²) < 4.78 is 4.64. The van der Waals surface area contributed by atoms with E-state index in [0.717, 1.165) is 61.1 Å². The third kappa shape index (κ3) is 4.30. The maximum absolute atomic E-state index is 5.28. The Morgan fingerprint density at radius 1 is 0.622 bits per heavy atom. The third-order valence-corrected chi connectivity index (χ3v) is 8.49. The summed E-state index contributed by atoms with van der Waals surface area (Å²) in [6.45, 7) is 5.92. The number of aromatic nitrogens is 4. The van der Waals surface area contributed by atoms with Crippen molar-refractivity contribution >= 4 is 49.2 Å². The van der Waals surface area contributed by atoms with Gasteiger partial charge in [-0.2, -0.15) is 0 Å². The van der Waals surface area contributed by atoms with Crippen LogP contribution in [0.3, 0.4) is 0 Å². The Bertz CT molecular complexity index is 2440. The van der Waals surface area contributed by atoms with Gasteiger partial charge >= 0.3 is 0 Å². The molecule has 0 radical (unpaired) electrons. The summed E-state index contributed by atoms with van der Waals surface area (Å²) in [6.07, 6.45) is 7.86. The Labute approximate surface area is 261 Å². The number of hydrogen-bond donors (Lipinski definition) is 0. The van der Waals surface area contributed by atoms with Crippen molar-refractivity contribution in [3.63, 3.8) is 0 Å². The molecule has 4 nitrogen and oxygen atoms in total. The molecule has 0 aliphatic carbocycles. The molecule has 45 heavy (non-hydrogen) atoms. The first-order valence-electron chi connectivity index (χ1n) is 15.2. The minimum atomic E-state index is 0.626. The molecule has 0 amide bonds. The van der Waals surface area contributed by atoms with E-state index < -0.39 is 0 Å². The van der Waals surface area contributed by atoms with Gasteiger partial charge in [0.05, 0.1) is 33.5 Å². The van der Waals surface area contributed by atoms with Gasteiger partial charge in [-0.25, -0.2) is 9.97 Å². The second-order valence-corrected chi connectivity index (χ2v) is 11.0. The van der Waals surface area contributed by atoms with Crippen molar-refractivity contribution in [3.05, 3.63) is 164 Å². The van der Waals surface area contributed by atoms with E-state index in [2.05, 4.69) is 131 Å². The molecule has 0 saturated heterocycles. The van der Waals surface area contributed by atoms with Crippen molar-refractivity contribution in [2.75, 3.05) is 0 Å². The Morgan fingerprint density at radius 3 is 1.84 bits per heavy atom. The Morgan fingerprint density at radius 2 is 1.20 bits per heavy atom. The smallest absolute Gasteiger partial charge is 0.235 e. The molecule has 5 aromatic carbocycles. The van der Waals surface area contributed by atoms with Crippen LogP contribution in [0.5, 0.6) is 0 Å². The van der Waals surface area contributed by atoms with E-state index in [1.165, 1.54) is 10.8 Å². The van der Waals surface area contributed by atoms with E-state index in [9.17, 15) is 0 Å². The number of rotatable bonds is 6. The van der Waals surface area contributed by atoms with Crippen LogP contribution in [-0.4, -0.2) is 19.1 Å². The topological polar surface area (TPSA) is 35.6 Å². The number of fused-ring (bicyclic) bond motifs is 7. The normalized spacial score (nSPS) is 12.2. The Kier molecular flexibility index (Phi) is 6.46. The lowest BCUT2D eigenvalue weighted by Gasteiger charge is -2.14. The minimum Gasteiger partial charge on any atom is -0.307 e. The quantitative estimate of drug-likeness (QED) is 0.184. The van der Waals surface area contributed by atoms with Gasteiger partial charge < -0.3 is 4.57 Å². The van der Waals surface area contributed by atoms with Gasteiger partial charge in [0, 0.05) is 32.8 Å². The molecule has 8 aromatic rings. The zero-order valence-electron chi connectivity index (χ0n) is 24.9. The molecule has 8 rings (SSSR count). The molecule has 3 heterocycles. The van der Waals surface area contributed by atoms with Gasteiger partial charge in [0.2, 0.25) is 5.95 Å². The summed E-state index contributed by atoms with van der Waals surface area (Å²) >= 11 is 0. The lowest BCUT2D eigenvalue weighted by atomic mass is 10.1. The van der Waals surface area contributed by atoms with Crippen molar-refractivity contribution < 1.29 is 0 Å². The Balaban J connectivity index is 1.56. The van der Waals surface area contributed by atoms with Gasteiger partial charge in [-0.15, -0.1) is 0 Å². The molecule has 0 unspecified atom stereocenters. The van der Waals surface area contributed by atoms with Crippen LogP contribution in [-0.2, 0) is 0 Å². The molecule has 0 fully saturated rings. The highest BCUT2D eigenvalue weighted by Crippen LogP contribution is 2.41. The monoisotopic (exact) mass is 578 g/mol. The lowest BCUT2D eigenvalue weighted by molar-refractivity contribution is 0.983. The molecule has 3 aromatic heterocycles. The summed E-state index contributed by atoms with van der Waals surface area (Å²) in [5.74, 6) is 0.626. The van der Waals surface area contributed by atoms with E-state index in [-0.39, 0.29) is 0 Å². The van der Waals surface area contributed by atoms with E-state index in [1.807, 2.05) is 37.3 Å². The zero-order valence-corrected chi connectivity index (χ0v) is 24.9. The van der Waals surface area contributed by atoms with Gasteiger partial charge in [0.15, 0.2) is 0 Å². The summed E-state index contributed by atoms with van der Waals surface area (Å²) in [5.41, 5.74) is 9.29. The molecule has 0 aliphatic heterocycles. The van der Waals surface area contributed by atoms with Crippen LogP contribution in [0.2, 0.25) is 0 Å². The number of benzene rings is 5. The summed E-state index contributed by atoms with van der Waals surface area (Å²) in [6, 6.07) is 44.7. The van der Waals surface area contributed by atoms with Crippen LogP contribution >= 0.6 is 0 Å². The average molecular weight is 579 g/mol. The summed E-state index contributed by atoms with van der Waals surface area (Å²) in [5, 5.41) is 4.72. The van der Waals surface area contributed by atoms with Crippen LogP contribution in [0, 0.1) is 0 Å². The van der Waals surface area contributed by atoms with Crippen LogP contribution in [0.25, 0.3) is 72.1 Å². The molecule has 214 valence electrons. The van der Waals surface area contributed by atoms with Crippen LogP contribution in [0.4, 0.5) is 0 Å². The fourth-order valence-electron chi connectivity index (χ4n) is 6.49. The van der Waals surface area contributed by atoms with E-state index in [4.69, 9.17) is 9.97 Å². The molecule has 0 spiro atoms. The average Bonchev–Trinajstić information content (AvgIpc) is 3.62. The highest BCUT2D eigenvalue weighted by Gasteiger charge is 2.22. The molecule has 0 N–H and O–H groups in total. The van der Waals surface area contributed by atoms with Crippen molar-refractivity contribution in [2.45, 2.75) is 6.92 Å². The second kappa shape index (κ2) is 10.9. The first-order valence-corrected chi connectivity index (χ1v) is 15.2. The van der Waals surface area contributed by atoms with Crippen molar-refractivity contribution in [1.29, 1.82) is 0 Å². The minimum absolute atomic E-state index is 0.626. The van der Waals surface area contributed by atoms with Gasteiger partial charge in [-0.05, 0) is 42.8 Å². The Hall–Kier alpha value is -6.00. The molecule has 0 atom stereocenters. The van der Waals surface area contributed by atoms with Gasteiger partial charge in [-0.1, -0.05) is 128 Å². The van der Waals surface area contributed by atoms with E-state index in [0.29, 0.717) is 5.95 Å². The van der Waals surface area contributed by atoms with Crippen LogP contribution in [0.15, 0.2) is 158 Å². The maximum Gasteiger partial charge on any atom is 0.235 e. The third-order valence-electron chi connectivity index (χ3n) is 8.49. The molecule has 0 saturated carbocycles. The SMILES string of the molecule is C=CC=CC(=CC)c1cc(-c2ccccc2)nc(-n2c3ccccc3c3ccc4c5ccccc5n(-c5ccccc5)c4c32)n1. The fourth-order valence-corrected chi connectivity index (χ4v) is 6.49. The van der Waals surface area contributed by atoms with E-state index >= 15 is 0 Å². The second-order valence-electron chi connectivity index (χ2n) is 11.0. The summed E-state index contributed by atoms with van der Waals surface area (Å²) in [4.78, 5) is 10.6. The largest absolute Gasteiger partial charge is 0.307 e. The number of para-hydroxylation sites is 3. The van der Waals surface area contributed by atoms with Crippen molar-refractivity contribution in [3.8, 4) is 22.9 Å². The summed E-state index contributed by atoms with van der Waals surface area (Å²) in [7, 11) is 0. The standard InChI is InChI=1S/C41H30N4/c1-3-5-16-28(4-2)35-27-36(29-17-8-6-9-18-29)43-41(42-35)45-38-24-15-13-22-32(38)34-26-25-33-31-21-12-14-23-37(31)44(39(33)40(34)45)30-19-10-7-11-20-30/h3-27H,1H2,2H3. The lowest BCUT2D eigenvalue weighted by Crippen LogP contribution is -2.06. The highest BCUT2D eigenvalue weighted by atomic mass is 15.2. The van der Waals surface area contributed by atoms with Gasteiger partial charge in [-0.3, -0.25) is 4.57 Å².